The second kappa shape index (κ2) is 7.63. The Hall–Kier alpha value is -2.12. The molecule has 0 fully saturated rings. The molecule has 1 N–H and O–H groups in total. The third-order valence-corrected chi connectivity index (χ3v) is 6.48. The van der Waals surface area contributed by atoms with Crippen LogP contribution in [-0.4, -0.2) is 21.2 Å². The van der Waals surface area contributed by atoms with E-state index in [-0.39, 0.29) is 17.2 Å². The number of fused-ring (bicyclic) bond motifs is 1. The molecule has 0 saturated heterocycles. The average molecular weight is 388 g/mol. The van der Waals surface area contributed by atoms with Crippen LogP contribution in [-0.2, 0) is 18.3 Å². The molecule has 7 heteroatoms. The smallest absolute Gasteiger partial charge is 0.262 e. The number of nitrogens with one attached hydrogen (secondary N) is 1. The fourth-order valence-electron chi connectivity index (χ4n) is 2.64. The molecule has 3 aromatic rings. The number of anilines is 1. The standard InChI is InChI=1S/C19H21N3O2S2/c1-5-13-6-8-14(9-7-13)20-15(23)10-25-19-21-17-16(18(24)22(19)4)11(2)12(3)26-17/h6-9H,5,10H2,1-4H3,(H,20,23). The average Bonchev–Trinajstić information content (AvgIpc) is 2.91. The quantitative estimate of drug-likeness (QED) is 0.533. The van der Waals surface area contributed by atoms with Gasteiger partial charge in [0, 0.05) is 17.6 Å². The van der Waals surface area contributed by atoms with Crippen LogP contribution in [0.25, 0.3) is 10.2 Å². The van der Waals surface area contributed by atoms with Gasteiger partial charge in [0.15, 0.2) is 5.16 Å². The number of benzene rings is 1. The van der Waals surface area contributed by atoms with Crippen molar-refractivity contribution >= 4 is 44.9 Å². The topological polar surface area (TPSA) is 64.0 Å². The van der Waals surface area contributed by atoms with E-state index in [1.165, 1.54) is 33.2 Å². The molecular weight excluding hydrogens is 366 g/mol. The fourth-order valence-corrected chi connectivity index (χ4v) is 4.48. The summed E-state index contributed by atoms with van der Waals surface area (Å²) in [5.41, 5.74) is 2.93. The van der Waals surface area contributed by atoms with Gasteiger partial charge >= 0.3 is 0 Å². The highest BCUT2D eigenvalue weighted by Gasteiger charge is 2.15. The molecule has 2 heterocycles. The van der Waals surface area contributed by atoms with Gasteiger partial charge < -0.3 is 5.32 Å². The highest BCUT2D eigenvalue weighted by atomic mass is 32.2. The van der Waals surface area contributed by atoms with Crippen LogP contribution >= 0.6 is 23.1 Å². The van der Waals surface area contributed by atoms with E-state index in [0.717, 1.165) is 27.4 Å². The van der Waals surface area contributed by atoms with Crippen LogP contribution in [0.2, 0.25) is 0 Å². The molecular formula is C19H21N3O2S2. The van der Waals surface area contributed by atoms with Gasteiger partial charge in [-0.2, -0.15) is 0 Å². The molecule has 0 aliphatic carbocycles. The summed E-state index contributed by atoms with van der Waals surface area (Å²) in [7, 11) is 1.70. The van der Waals surface area contributed by atoms with Crippen molar-refractivity contribution in [3.8, 4) is 0 Å². The van der Waals surface area contributed by atoms with Crippen LogP contribution in [0.4, 0.5) is 5.69 Å². The van der Waals surface area contributed by atoms with E-state index in [1.54, 1.807) is 7.05 Å². The molecule has 26 heavy (non-hydrogen) atoms. The molecule has 0 radical (unpaired) electrons. The SMILES string of the molecule is CCc1ccc(NC(=O)CSc2nc3sc(C)c(C)c3c(=O)n2C)cc1. The predicted molar refractivity (Wildman–Crippen MR) is 110 cm³/mol. The van der Waals surface area contributed by atoms with Crippen molar-refractivity contribution in [1.82, 2.24) is 9.55 Å². The van der Waals surface area contributed by atoms with Crippen molar-refractivity contribution in [1.29, 1.82) is 0 Å². The lowest BCUT2D eigenvalue weighted by atomic mass is 10.1. The molecule has 1 amide bonds. The lowest BCUT2D eigenvalue weighted by molar-refractivity contribution is -0.113. The number of thiophene rings is 1. The molecule has 1 aromatic carbocycles. The zero-order valence-electron chi connectivity index (χ0n) is 15.3. The highest BCUT2D eigenvalue weighted by Crippen LogP contribution is 2.28. The number of hydrogen-bond donors (Lipinski definition) is 1. The minimum absolute atomic E-state index is 0.0603. The molecule has 0 aliphatic heterocycles. The highest BCUT2D eigenvalue weighted by molar-refractivity contribution is 7.99. The van der Waals surface area contributed by atoms with Crippen molar-refractivity contribution in [3.63, 3.8) is 0 Å². The maximum atomic E-state index is 12.6. The zero-order valence-corrected chi connectivity index (χ0v) is 16.9. The van der Waals surface area contributed by atoms with E-state index in [2.05, 4.69) is 17.2 Å². The van der Waals surface area contributed by atoms with Gasteiger partial charge in [0.2, 0.25) is 5.91 Å². The third kappa shape index (κ3) is 3.68. The van der Waals surface area contributed by atoms with E-state index < -0.39 is 0 Å². The lowest BCUT2D eigenvalue weighted by Crippen LogP contribution is -2.21. The molecule has 0 bridgehead atoms. The van der Waals surface area contributed by atoms with E-state index in [0.29, 0.717) is 10.5 Å². The first kappa shape index (κ1) is 18.7. The molecule has 0 unspecified atom stereocenters. The monoisotopic (exact) mass is 387 g/mol. The minimum Gasteiger partial charge on any atom is -0.325 e. The van der Waals surface area contributed by atoms with Gasteiger partial charge in [0.1, 0.15) is 4.83 Å². The van der Waals surface area contributed by atoms with Crippen molar-refractivity contribution < 1.29 is 4.79 Å². The summed E-state index contributed by atoms with van der Waals surface area (Å²) in [6.45, 7) is 6.03. The minimum atomic E-state index is -0.118. The Morgan fingerprint density at radius 2 is 1.96 bits per heavy atom. The molecule has 2 aromatic heterocycles. The van der Waals surface area contributed by atoms with Crippen LogP contribution in [0.1, 0.15) is 22.9 Å². The Labute approximate surface area is 160 Å². The van der Waals surface area contributed by atoms with Gasteiger partial charge in [-0.3, -0.25) is 14.2 Å². The van der Waals surface area contributed by atoms with E-state index in [9.17, 15) is 9.59 Å². The Morgan fingerprint density at radius 1 is 1.27 bits per heavy atom. The van der Waals surface area contributed by atoms with Gasteiger partial charge in [0.25, 0.3) is 5.56 Å². The first-order chi connectivity index (χ1) is 12.4. The summed E-state index contributed by atoms with van der Waals surface area (Å²) in [6, 6.07) is 7.81. The molecule has 136 valence electrons. The summed E-state index contributed by atoms with van der Waals surface area (Å²) in [5, 5.41) is 4.11. The molecule has 0 saturated carbocycles. The summed E-state index contributed by atoms with van der Waals surface area (Å²) in [4.78, 5) is 31.2. The number of nitrogens with zero attached hydrogens (tertiary/aromatic N) is 2. The van der Waals surface area contributed by atoms with Crippen molar-refractivity contribution in [3.05, 3.63) is 50.6 Å². The van der Waals surface area contributed by atoms with E-state index in [4.69, 9.17) is 0 Å². The maximum absolute atomic E-state index is 12.6. The van der Waals surface area contributed by atoms with Crippen molar-refractivity contribution in [2.24, 2.45) is 7.05 Å². The number of amides is 1. The van der Waals surface area contributed by atoms with Crippen LogP contribution in [0.3, 0.4) is 0 Å². The maximum Gasteiger partial charge on any atom is 0.262 e. The Morgan fingerprint density at radius 3 is 2.62 bits per heavy atom. The van der Waals surface area contributed by atoms with Crippen molar-refractivity contribution in [2.45, 2.75) is 32.3 Å². The largest absolute Gasteiger partial charge is 0.325 e. The fraction of sp³-hybridized carbons (Fsp3) is 0.316. The van der Waals surface area contributed by atoms with Gasteiger partial charge in [0.05, 0.1) is 11.1 Å². The normalized spacial score (nSPS) is 11.1. The zero-order chi connectivity index (χ0) is 18.8. The molecule has 5 nitrogen and oxygen atoms in total. The number of aryl methyl sites for hydroxylation is 3. The molecule has 0 spiro atoms. The van der Waals surface area contributed by atoms with Crippen LogP contribution in [0.5, 0.6) is 0 Å². The summed E-state index contributed by atoms with van der Waals surface area (Å²) >= 11 is 2.79. The van der Waals surface area contributed by atoms with Gasteiger partial charge in [-0.25, -0.2) is 4.98 Å². The number of carbonyl (C=O) groups excluding carboxylic acids is 1. The number of aromatic nitrogens is 2. The Kier molecular flexibility index (Phi) is 5.48. The number of carbonyl (C=O) groups is 1. The number of hydrogen-bond acceptors (Lipinski definition) is 5. The molecule has 0 aliphatic rings. The van der Waals surface area contributed by atoms with Crippen LogP contribution in [0, 0.1) is 13.8 Å². The van der Waals surface area contributed by atoms with Crippen molar-refractivity contribution in [2.75, 3.05) is 11.1 Å². The Bertz CT molecular complexity index is 1020. The van der Waals surface area contributed by atoms with E-state index >= 15 is 0 Å². The third-order valence-electron chi connectivity index (χ3n) is 4.35. The van der Waals surface area contributed by atoms with Gasteiger partial charge in [-0.1, -0.05) is 30.8 Å². The van der Waals surface area contributed by atoms with Gasteiger partial charge in [-0.05, 0) is 43.5 Å². The Balaban J connectivity index is 1.73. The predicted octanol–water partition coefficient (Wildman–Crippen LogP) is 3.91. The molecule has 0 atom stereocenters. The number of rotatable bonds is 5. The van der Waals surface area contributed by atoms with Crippen LogP contribution < -0.4 is 10.9 Å². The first-order valence-corrected chi connectivity index (χ1v) is 10.2. The molecule has 3 rings (SSSR count). The number of thioether (sulfide) groups is 1. The lowest BCUT2D eigenvalue weighted by Gasteiger charge is -2.08. The van der Waals surface area contributed by atoms with Crippen LogP contribution in [0.15, 0.2) is 34.2 Å². The second-order valence-corrected chi connectivity index (χ2v) is 8.25. The van der Waals surface area contributed by atoms with E-state index in [1.807, 2.05) is 38.1 Å². The summed E-state index contributed by atoms with van der Waals surface area (Å²) in [6.07, 6.45) is 0.966. The van der Waals surface area contributed by atoms with Gasteiger partial charge in [-0.15, -0.1) is 11.3 Å². The second-order valence-electron chi connectivity index (χ2n) is 6.11. The summed E-state index contributed by atoms with van der Waals surface area (Å²) < 4.78 is 1.52. The first-order valence-electron chi connectivity index (χ1n) is 8.39. The summed E-state index contributed by atoms with van der Waals surface area (Å²) in [5.74, 6) is 0.0807.